The minimum Gasteiger partial charge on any atom is -0.490 e. The van der Waals surface area contributed by atoms with Gasteiger partial charge in [-0.25, -0.2) is 8.42 Å². The molecular weight excluding hydrogens is 454 g/mol. The summed E-state index contributed by atoms with van der Waals surface area (Å²) in [5, 5.41) is 0.872. The van der Waals surface area contributed by atoms with Gasteiger partial charge in [0, 0.05) is 45.5 Å². The number of hydrogen-bond donors (Lipinski definition) is 1. The van der Waals surface area contributed by atoms with Crippen LogP contribution in [-0.2, 0) is 21.3 Å². The van der Waals surface area contributed by atoms with Crippen LogP contribution in [0.25, 0.3) is 10.9 Å². The summed E-state index contributed by atoms with van der Waals surface area (Å²) < 4.78 is 39.5. The molecule has 0 unspecified atom stereocenters. The Hall–Kier alpha value is -2.88. The van der Waals surface area contributed by atoms with Gasteiger partial charge in [-0.1, -0.05) is 12.1 Å². The number of aromatic amines is 1. The summed E-state index contributed by atoms with van der Waals surface area (Å²) in [5.74, 6) is 0.543. The fourth-order valence-corrected chi connectivity index (χ4v) is 5.67. The Morgan fingerprint density at radius 1 is 1.18 bits per heavy atom. The molecule has 1 aliphatic rings. The van der Waals surface area contributed by atoms with Crippen LogP contribution in [0.1, 0.15) is 23.1 Å². The highest BCUT2D eigenvalue weighted by Gasteiger charge is 2.28. The van der Waals surface area contributed by atoms with Gasteiger partial charge in [-0.3, -0.25) is 4.79 Å². The highest BCUT2D eigenvalue weighted by molar-refractivity contribution is 7.89. The van der Waals surface area contributed by atoms with Crippen molar-refractivity contribution in [3.63, 3.8) is 0 Å². The van der Waals surface area contributed by atoms with E-state index in [0.717, 1.165) is 34.3 Å². The SMILES string of the molecule is COCCCN(Cc1cc2ccc(C)c(C)c2[nH]c1=O)S(=O)(=O)c1ccc2c(c1)OCCN2C. The van der Waals surface area contributed by atoms with Crippen molar-refractivity contribution in [3.8, 4) is 5.75 Å². The van der Waals surface area contributed by atoms with E-state index in [9.17, 15) is 13.2 Å². The summed E-state index contributed by atoms with van der Waals surface area (Å²) >= 11 is 0. The summed E-state index contributed by atoms with van der Waals surface area (Å²) in [7, 11) is -0.365. The first-order valence-corrected chi connectivity index (χ1v) is 12.8. The number of benzene rings is 2. The number of H-pyrrole nitrogens is 1. The third kappa shape index (κ3) is 4.68. The average molecular weight is 486 g/mol. The smallest absolute Gasteiger partial charge is 0.252 e. The van der Waals surface area contributed by atoms with Gasteiger partial charge in [-0.15, -0.1) is 0 Å². The van der Waals surface area contributed by atoms with E-state index >= 15 is 0 Å². The lowest BCUT2D eigenvalue weighted by molar-refractivity contribution is 0.186. The number of methoxy groups -OCH3 is 1. The molecule has 3 aromatic rings. The van der Waals surface area contributed by atoms with Crippen LogP contribution < -0.4 is 15.2 Å². The van der Waals surface area contributed by atoms with Crippen LogP contribution in [0.3, 0.4) is 0 Å². The summed E-state index contributed by atoms with van der Waals surface area (Å²) in [6, 6.07) is 10.7. The Kier molecular flexibility index (Phi) is 6.97. The van der Waals surface area contributed by atoms with E-state index in [2.05, 4.69) is 4.98 Å². The molecule has 8 nitrogen and oxygen atoms in total. The predicted molar refractivity (Wildman–Crippen MR) is 133 cm³/mol. The monoisotopic (exact) mass is 485 g/mol. The Bertz CT molecular complexity index is 1370. The van der Waals surface area contributed by atoms with Crippen LogP contribution >= 0.6 is 0 Å². The number of rotatable bonds is 8. The number of sulfonamides is 1. The maximum atomic E-state index is 13.7. The number of aryl methyl sites for hydroxylation is 2. The number of nitrogens with zero attached hydrogens (tertiary/aromatic N) is 2. The molecule has 34 heavy (non-hydrogen) atoms. The molecule has 0 saturated heterocycles. The molecule has 0 atom stereocenters. The van der Waals surface area contributed by atoms with Crippen LogP contribution in [-0.4, -0.2) is 58.2 Å². The van der Waals surface area contributed by atoms with Gasteiger partial charge in [-0.2, -0.15) is 4.31 Å². The van der Waals surface area contributed by atoms with Crippen LogP contribution in [0.15, 0.2) is 46.1 Å². The summed E-state index contributed by atoms with van der Waals surface area (Å²) in [6.07, 6.45) is 0.504. The second kappa shape index (κ2) is 9.77. The Labute approximate surface area is 200 Å². The van der Waals surface area contributed by atoms with Crippen molar-refractivity contribution in [2.24, 2.45) is 0 Å². The van der Waals surface area contributed by atoms with E-state index in [4.69, 9.17) is 9.47 Å². The number of hydrogen-bond acceptors (Lipinski definition) is 6. The van der Waals surface area contributed by atoms with Crippen LogP contribution in [0.4, 0.5) is 5.69 Å². The van der Waals surface area contributed by atoms with Crippen molar-refractivity contribution in [1.82, 2.24) is 9.29 Å². The minimum absolute atomic E-state index is 0.0396. The molecule has 0 amide bonds. The second-order valence-corrected chi connectivity index (χ2v) is 10.6. The molecule has 182 valence electrons. The van der Waals surface area contributed by atoms with E-state index in [0.29, 0.717) is 30.9 Å². The van der Waals surface area contributed by atoms with E-state index < -0.39 is 10.0 Å². The maximum absolute atomic E-state index is 13.7. The standard InChI is InChI=1S/C25H31N3O5S/c1-17-6-7-19-14-20(25(29)26-24(19)18(17)2)16-28(10-5-12-32-4)34(30,31)21-8-9-22-23(15-21)33-13-11-27(22)3/h6-9,14-15H,5,10-13,16H2,1-4H3,(H,26,29). The normalized spacial score (nSPS) is 13.9. The molecule has 2 aromatic carbocycles. The minimum atomic E-state index is -3.89. The van der Waals surface area contributed by atoms with Gasteiger partial charge in [0.2, 0.25) is 10.0 Å². The molecule has 0 aliphatic carbocycles. The zero-order chi connectivity index (χ0) is 24.5. The van der Waals surface area contributed by atoms with Gasteiger partial charge in [0.05, 0.1) is 22.6 Å². The number of nitrogens with one attached hydrogen (secondary N) is 1. The highest BCUT2D eigenvalue weighted by Crippen LogP contribution is 2.34. The molecule has 9 heteroatoms. The van der Waals surface area contributed by atoms with Crippen molar-refractivity contribution in [2.75, 3.05) is 45.4 Å². The number of fused-ring (bicyclic) bond motifs is 2. The Morgan fingerprint density at radius 2 is 1.97 bits per heavy atom. The zero-order valence-electron chi connectivity index (χ0n) is 20.1. The first kappa shape index (κ1) is 24.3. The Balaban J connectivity index is 1.71. The van der Waals surface area contributed by atoms with Gasteiger partial charge in [-0.05, 0) is 55.0 Å². The van der Waals surface area contributed by atoms with E-state index in [1.165, 1.54) is 4.31 Å². The lowest BCUT2D eigenvalue weighted by Gasteiger charge is -2.28. The zero-order valence-corrected chi connectivity index (χ0v) is 20.9. The highest BCUT2D eigenvalue weighted by atomic mass is 32.2. The van der Waals surface area contributed by atoms with Crippen molar-refractivity contribution < 1.29 is 17.9 Å². The van der Waals surface area contributed by atoms with Gasteiger partial charge in [0.15, 0.2) is 0 Å². The predicted octanol–water partition coefficient (Wildman–Crippen LogP) is 3.20. The average Bonchev–Trinajstić information content (AvgIpc) is 2.81. The summed E-state index contributed by atoms with van der Waals surface area (Å²) in [5.41, 5.74) is 3.82. The van der Waals surface area contributed by atoms with Crippen molar-refractivity contribution in [2.45, 2.75) is 31.7 Å². The molecule has 0 fully saturated rings. The number of anilines is 1. The first-order chi connectivity index (χ1) is 16.2. The van der Waals surface area contributed by atoms with Gasteiger partial charge < -0.3 is 19.4 Å². The molecular formula is C25H31N3O5S. The topological polar surface area (TPSA) is 91.9 Å². The van der Waals surface area contributed by atoms with E-state index in [-0.39, 0.29) is 23.5 Å². The van der Waals surface area contributed by atoms with Crippen LogP contribution in [0, 0.1) is 13.8 Å². The van der Waals surface area contributed by atoms with Crippen LogP contribution in [0.5, 0.6) is 5.75 Å². The van der Waals surface area contributed by atoms with Crippen molar-refractivity contribution >= 4 is 26.6 Å². The molecule has 0 saturated carbocycles. The second-order valence-electron chi connectivity index (χ2n) is 8.68. The number of ether oxygens (including phenoxy) is 2. The molecule has 4 rings (SSSR count). The fraction of sp³-hybridized carbons (Fsp3) is 0.400. The quantitative estimate of drug-likeness (QED) is 0.493. The molecule has 1 aromatic heterocycles. The summed E-state index contributed by atoms with van der Waals surface area (Å²) in [4.78, 5) is 18.0. The maximum Gasteiger partial charge on any atom is 0.252 e. The molecule has 0 radical (unpaired) electrons. The number of likely N-dealkylation sites (N-methyl/N-ethyl adjacent to an activating group) is 1. The largest absolute Gasteiger partial charge is 0.490 e. The third-order valence-corrected chi connectivity index (χ3v) is 8.24. The van der Waals surface area contributed by atoms with Gasteiger partial charge >= 0.3 is 0 Å². The molecule has 1 N–H and O–H groups in total. The molecule has 1 aliphatic heterocycles. The van der Waals surface area contributed by atoms with Crippen LogP contribution in [0.2, 0.25) is 0 Å². The van der Waals surface area contributed by atoms with Gasteiger partial charge in [0.1, 0.15) is 12.4 Å². The lowest BCUT2D eigenvalue weighted by atomic mass is 10.0. The lowest BCUT2D eigenvalue weighted by Crippen LogP contribution is -2.34. The molecule has 2 heterocycles. The molecule has 0 spiro atoms. The van der Waals surface area contributed by atoms with Crippen molar-refractivity contribution in [3.05, 3.63) is 63.4 Å². The van der Waals surface area contributed by atoms with Gasteiger partial charge in [0.25, 0.3) is 5.56 Å². The first-order valence-electron chi connectivity index (χ1n) is 11.3. The van der Waals surface area contributed by atoms with E-state index in [1.807, 2.05) is 37.9 Å². The van der Waals surface area contributed by atoms with Crippen molar-refractivity contribution in [1.29, 1.82) is 0 Å². The summed E-state index contributed by atoms with van der Waals surface area (Å²) in [6.45, 7) is 5.79. The van der Waals surface area contributed by atoms with E-state index in [1.54, 1.807) is 31.4 Å². The number of pyridine rings is 1. The Morgan fingerprint density at radius 3 is 2.74 bits per heavy atom. The fourth-order valence-electron chi connectivity index (χ4n) is 4.19. The third-order valence-electron chi connectivity index (χ3n) is 6.40. The molecule has 0 bridgehead atoms. The number of aromatic nitrogens is 1.